The molecule has 1 amide bonds. The Hall–Kier alpha value is -3.21. The fraction of sp³-hybridized carbons (Fsp3) is 0.308. The van der Waals surface area contributed by atoms with E-state index < -0.39 is 30.3 Å². The summed E-state index contributed by atoms with van der Waals surface area (Å²) in [5.41, 5.74) is 2.11. The standard InChI is InChI=1S/C26H31N3O5SSi/c1-36(2,3)16-15-28-25(30)18-29(35(28,32)33)23-13-12-21(26(31)22-11-7-8-14-27-22)17-24(23)34-19-20-9-5-4-6-10-20/h4-14,17,26,31H,15-16,18-19H2,1-3H3. The van der Waals surface area contributed by atoms with Crippen LogP contribution >= 0.6 is 0 Å². The van der Waals surface area contributed by atoms with Crippen molar-refractivity contribution in [2.45, 2.75) is 38.4 Å². The molecule has 0 bridgehead atoms. The van der Waals surface area contributed by atoms with Gasteiger partial charge >= 0.3 is 10.2 Å². The van der Waals surface area contributed by atoms with Crippen LogP contribution in [0.15, 0.2) is 72.9 Å². The molecule has 36 heavy (non-hydrogen) atoms. The second-order valence-corrected chi connectivity index (χ2v) is 17.3. The molecule has 0 spiro atoms. The Bertz CT molecular complexity index is 1310. The fourth-order valence-electron chi connectivity index (χ4n) is 3.88. The van der Waals surface area contributed by atoms with Crippen LogP contribution < -0.4 is 9.04 Å². The number of aliphatic hydroxyl groups is 1. The maximum absolute atomic E-state index is 13.4. The van der Waals surface area contributed by atoms with Crippen molar-refractivity contribution >= 4 is 29.9 Å². The van der Waals surface area contributed by atoms with Gasteiger partial charge in [0.2, 0.25) is 0 Å². The van der Waals surface area contributed by atoms with Crippen molar-refractivity contribution in [1.29, 1.82) is 0 Å². The van der Waals surface area contributed by atoms with Crippen LogP contribution in [0.5, 0.6) is 5.75 Å². The van der Waals surface area contributed by atoms with Crippen LogP contribution in [-0.2, 0) is 21.6 Å². The first-order valence-electron chi connectivity index (χ1n) is 11.8. The van der Waals surface area contributed by atoms with Gasteiger partial charge in [0.25, 0.3) is 5.91 Å². The number of amides is 1. The highest BCUT2D eigenvalue weighted by Gasteiger charge is 2.44. The van der Waals surface area contributed by atoms with Crippen LogP contribution in [0.1, 0.15) is 22.9 Å². The summed E-state index contributed by atoms with van der Waals surface area (Å²) in [5, 5.41) is 10.9. The molecule has 1 fully saturated rings. The molecule has 8 nitrogen and oxygen atoms in total. The summed E-state index contributed by atoms with van der Waals surface area (Å²) in [6.07, 6.45) is 0.571. The lowest BCUT2D eigenvalue weighted by Gasteiger charge is -2.24. The number of benzene rings is 2. The van der Waals surface area contributed by atoms with E-state index in [2.05, 4.69) is 24.6 Å². The highest BCUT2D eigenvalue weighted by molar-refractivity contribution is 7.91. The molecule has 1 N–H and O–H groups in total. The Morgan fingerprint density at radius 1 is 1.06 bits per heavy atom. The lowest BCUT2D eigenvalue weighted by molar-refractivity contribution is -0.123. The zero-order valence-corrected chi connectivity index (χ0v) is 22.5. The monoisotopic (exact) mass is 525 g/mol. The van der Waals surface area contributed by atoms with E-state index in [0.717, 1.165) is 14.2 Å². The minimum Gasteiger partial charge on any atom is -0.487 e. The number of rotatable bonds is 9. The number of anilines is 1. The molecule has 1 aromatic heterocycles. The van der Waals surface area contributed by atoms with Gasteiger partial charge in [-0.2, -0.15) is 8.42 Å². The third kappa shape index (κ3) is 5.77. The molecule has 2 aromatic carbocycles. The van der Waals surface area contributed by atoms with Crippen molar-refractivity contribution in [2.75, 3.05) is 17.4 Å². The van der Waals surface area contributed by atoms with Gasteiger partial charge in [-0.15, -0.1) is 0 Å². The van der Waals surface area contributed by atoms with E-state index in [1.807, 2.05) is 30.3 Å². The Morgan fingerprint density at radius 2 is 1.78 bits per heavy atom. The molecule has 0 radical (unpaired) electrons. The Labute approximate surface area is 213 Å². The first kappa shape index (κ1) is 25.9. The van der Waals surface area contributed by atoms with Crippen molar-refractivity contribution in [3.05, 3.63) is 89.7 Å². The largest absolute Gasteiger partial charge is 0.487 e. The van der Waals surface area contributed by atoms with Gasteiger partial charge in [-0.1, -0.05) is 62.1 Å². The fourth-order valence-corrected chi connectivity index (χ4v) is 6.49. The topological polar surface area (TPSA) is 100 Å². The summed E-state index contributed by atoms with van der Waals surface area (Å²) >= 11 is 0. The van der Waals surface area contributed by atoms with E-state index in [1.165, 1.54) is 0 Å². The predicted octanol–water partition coefficient (Wildman–Crippen LogP) is 3.97. The highest BCUT2D eigenvalue weighted by Crippen LogP contribution is 2.37. The quantitative estimate of drug-likeness (QED) is 0.424. The number of carbonyl (C=O) groups excluding carboxylic acids is 1. The summed E-state index contributed by atoms with van der Waals surface area (Å²) in [6.45, 7) is 6.48. The maximum atomic E-state index is 13.4. The number of aliphatic hydroxyl groups excluding tert-OH is 1. The van der Waals surface area contributed by atoms with Gasteiger partial charge in [-0.3, -0.25) is 9.78 Å². The van der Waals surface area contributed by atoms with E-state index in [-0.39, 0.29) is 31.1 Å². The normalized spacial score (nSPS) is 16.3. The molecule has 1 aliphatic rings. The molecular weight excluding hydrogens is 494 g/mol. The van der Waals surface area contributed by atoms with Crippen molar-refractivity contribution in [1.82, 2.24) is 9.29 Å². The van der Waals surface area contributed by atoms with Gasteiger partial charge in [0.05, 0.1) is 11.4 Å². The van der Waals surface area contributed by atoms with Gasteiger partial charge in [0, 0.05) is 20.8 Å². The molecule has 4 rings (SSSR count). The van der Waals surface area contributed by atoms with E-state index in [1.54, 1.807) is 42.6 Å². The third-order valence-corrected chi connectivity index (χ3v) is 9.50. The first-order valence-corrected chi connectivity index (χ1v) is 16.9. The molecular formula is C26H31N3O5SSi. The molecule has 1 saturated heterocycles. The van der Waals surface area contributed by atoms with E-state index in [9.17, 15) is 18.3 Å². The minimum absolute atomic E-state index is 0.171. The average Bonchev–Trinajstić information content (AvgIpc) is 3.08. The van der Waals surface area contributed by atoms with Crippen LogP contribution in [0, 0.1) is 0 Å². The van der Waals surface area contributed by atoms with Gasteiger partial charge in [0.15, 0.2) is 0 Å². The molecule has 0 aliphatic carbocycles. The molecule has 190 valence electrons. The molecule has 3 aromatic rings. The zero-order chi connectivity index (χ0) is 25.9. The third-order valence-electron chi connectivity index (χ3n) is 5.95. The van der Waals surface area contributed by atoms with Crippen molar-refractivity contribution in [3.63, 3.8) is 0 Å². The Kier molecular flexibility index (Phi) is 7.48. The van der Waals surface area contributed by atoms with Crippen molar-refractivity contribution in [3.8, 4) is 5.75 Å². The van der Waals surface area contributed by atoms with Gasteiger partial charge in [-0.05, 0) is 41.4 Å². The lowest BCUT2D eigenvalue weighted by atomic mass is 10.0. The van der Waals surface area contributed by atoms with Crippen LogP contribution in [0.2, 0.25) is 25.7 Å². The van der Waals surface area contributed by atoms with Crippen LogP contribution in [-0.4, -0.2) is 49.9 Å². The van der Waals surface area contributed by atoms with Gasteiger partial charge in [-0.25, -0.2) is 8.61 Å². The second-order valence-electron chi connectivity index (χ2n) is 9.95. The lowest BCUT2D eigenvalue weighted by Crippen LogP contribution is -2.37. The van der Waals surface area contributed by atoms with Crippen LogP contribution in [0.25, 0.3) is 0 Å². The number of hydrogen-bond donors (Lipinski definition) is 1. The number of hydrogen-bond acceptors (Lipinski definition) is 6. The summed E-state index contributed by atoms with van der Waals surface area (Å²) < 4.78 is 35.0. The summed E-state index contributed by atoms with van der Waals surface area (Å²) in [6, 6.07) is 20.2. The summed E-state index contributed by atoms with van der Waals surface area (Å²) in [7, 11) is -5.63. The number of aromatic nitrogens is 1. The van der Waals surface area contributed by atoms with E-state index in [0.29, 0.717) is 17.3 Å². The number of ether oxygens (including phenoxy) is 1. The summed E-state index contributed by atoms with van der Waals surface area (Å²) in [5.74, 6) is -0.199. The van der Waals surface area contributed by atoms with Gasteiger partial charge < -0.3 is 9.84 Å². The second kappa shape index (κ2) is 10.4. The van der Waals surface area contributed by atoms with Crippen LogP contribution in [0.4, 0.5) is 5.69 Å². The van der Waals surface area contributed by atoms with E-state index >= 15 is 0 Å². The molecule has 2 heterocycles. The molecule has 10 heteroatoms. The maximum Gasteiger partial charge on any atom is 0.329 e. The number of nitrogens with zero attached hydrogens (tertiary/aromatic N) is 3. The highest BCUT2D eigenvalue weighted by atomic mass is 32.2. The van der Waals surface area contributed by atoms with Gasteiger partial charge in [0.1, 0.15) is 25.0 Å². The minimum atomic E-state index is -4.06. The molecule has 1 atom stereocenters. The van der Waals surface area contributed by atoms with Crippen LogP contribution in [0.3, 0.4) is 0 Å². The first-order chi connectivity index (χ1) is 17.1. The predicted molar refractivity (Wildman–Crippen MR) is 142 cm³/mol. The number of pyridine rings is 1. The Morgan fingerprint density at radius 3 is 2.44 bits per heavy atom. The molecule has 1 aliphatic heterocycles. The molecule has 0 saturated carbocycles. The van der Waals surface area contributed by atoms with E-state index in [4.69, 9.17) is 4.74 Å². The zero-order valence-electron chi connectivity index (χ0n) is 20.7. The average molecular weight is 526 g/mol. The SMILES string of the molecule is C[Si](C)(C)CCN1C(=O)CN(c2ccc(C(O)c3ccccn3)cc2OCc2ccccc2)S1(=O)=O. The number of carbonyl (C=O) groups is 1. The summed E-state index contributed by atoms with van der Waals surface area (Å²) in [4.78, 5) is 17.0. The smallest absolute Gasteiger partial charge is 0.329 e. The van der Waals surface area contributed by atoms with Crippen molar-refractivity contribution < 1.29 is 23.1 Å². The Balaban J connectivity index is 1.68. The molecule has 1 unspecified atom stereocenters. The van der Waals surface area contributed by atoms with Crippen molar-refractivity contribution in [2.24, 2.45) is 0 Å².